The van der Waals surface area contributed by atoms with Crippen LogP contribution in [0.25, 0.3) is 0 Å². The lowest BCUT2D eigenvalue weighted by molar-refractivity contribution is -0.111. The van der Waals surface area contributed by atoms with Gasteiger partial charge in [0.2, 0.25) is 5.24 Å². The van der Waals surface area contributed by atoms with E-state index in [0.717, 1.165) is 0 Å². The largest absolute Gasteiger partial charge is 0.335 e. The first-order valence-electron chi connectivity index (χ1n) is 2.96. The fourth-order valence-electron chi connectivity index (χ4n) is 0. The van der Waals surface area contributed by atoms with Crippen molar-refractivity contribution in [2.45, 2.75) is 13.3 Å². The van der Waals surface area contributed by atoms with Gasteiger partial charge >= 0.3 is 5.37 Å². The van der Waals surface area contributed by atoms with Gasteiger partial charge in [-0.3, -0.25) is 9.59 Å². The zero-order chi connectivity index (χ0) is 9.44. The van der Waals surface area contributed by atoms with Crippen LogP contribution in [0.4, 0.5) is 4.79 Å². The van der Waals surface area contributed by atoms with E-state index in [1.54, 1.807) is 21.0 Å². The van der Waals surface area contributed by atoms with E-state index in [4.69, 9.17) is 23.2 Å². The van der Waals surface area contributed by atoms with Gasteiger partial charge in [-0.25, -0.2) is 0 Å². The molecule has 66 valence electrons. The van der Waals surface area contributed by atoms with E-state index < -0.39 is 5.37 Å². The molecule has 0 rings (SSSR count). The Balaban J connectivity index is 0. The average Bonchev–Trinajstić information content (AvgIpc) is 1.89. The second-order valence-corrected chi connectivity index (χ2v) is 2.60. The van der Waals surface area contributed by atoms with Crippen molar-refractivity contribution >= 4 is 33.8 Å². The molecule has 0 N–H and O–H groups in total. The number of nitrogens with zero attached hydrogens (tertiary/aromatic N) is 1. The predicted octanol–water partition coefficient (Wildman–Crippen LogP) is 2.07. The molecule has 0 atom stereocenters. The molecule has 0 saturated heterocycles. The lowest BCUT2D eigenvalue weighted by atomic mass is 10.6. The van der Waals surface area contributed by atoms with E-state index >= 15 is 0 Å². The molecule has 0 saturated carbocycles. The maximum Gasteiger partial charge on any atom is 0.315 e. The van der Waals surface area contributed by atoms with Crippen LogP contribution in [0.5, 0.6) is 0 Å². The lowest BCUT2D eigenvalue weighted by Gasteiger charge is -1.99. The van der Waals surface area contributed by atoms with Crippen LogP contribution >= 0.6 is 23.2 Å². The van der Waals surface area contributed by atoms with Crippen molar-refractivity contribution in [3.63, 3.8) is 0 Å². The van der Waals surface area contributed by atoms with Gasteiger partial charge in [0.15, 0.2) is 0 Å². The minimum absolute atomic E-state index is 0.273. The third kappa shape index (κ3) is 17.7. The fraction of sp³-hybridized carbons (Fsp3) is 0.667. The smallest absolute Gasteiger partial charge is 0.315 e. The Morgan fingerprint density at radius 1 is 1.27 bits per heavy atom. The Labute approximate surface area is 76.3 Å². The Hall–Kier alpha value is -0.280. The van der Waals surface area contributed by atoms with Crippen molar-refractivity contribution in [3.8, 4) is 0 Å². The predicted molar refractivity (Wildman–Crippen MR) is 46.1 cm³/mol. The quantitative estimate of drug-likeness (QED) is 0.479. The Bertz CT molecular complexity index is 137. The molecule has 11 heavy (non-hydrogen) atoms. The normalized spacial score (nSPS) is 7.73. The summed E-state index contributed by atoms with van der Waals surface area (Å²) in [6.45, 7) is 1.72. The van der Waals surface area contributed by atoms with Gasteiger partial charge in [-0.15, -0.1) is 0 Å². The molecule has 3 nitrogen and oxygen atoms in total. The summed E-state index contributed by atoms with van der Waals surface area (Å²) in [6.07, 6.45) is 0.432. The van der Waals surface area contributed by atoms with Gasteiger partial charge in [0.1, 0.15) is 0 Å². The van der Waals surface area contributed by atoms with Gasteiger partial charge < -0.3 is 4.90 Å². The summed E-state index contributed by atoms with van der Waals surface area (Å²) in [5.41, 5.74) is 0. The topological polar surface area (TPSA) is 37.4 Å². The number of carbonyl (C=O) groups is 2. The van der Waals surface area contributed by atoms with Gasteiger partial charge in [0, 0.05) is 20.5 Å². The minimum atomic E-state index is -0.435. The van der Waals surface area contributed by atoms with Crippen LogP contribution in [0.2, 0.25) is 0 Å². The lowest BCUT2D eigenvalue weighted by Crippen LogP contribution is -2.13. The molecule has 0 fully saturated rings. The van der Waals surface area contributed by atoms with E-state index in [9.17, 15) is 9.59 Å². The molecule has 0 radical (unpaired) electrons. The van der Waals surface area contributed by atoms with E-state index in [1.807, 2.05) is 0 Å². The molecular formula is C6H11Cl2NO2. The molecular weight excluding hydrogens is 189 g/mol. The third-order valence-corrected chi connectivity index (χ3v) is 1.23. The number of hydrogen-bond donors (Lipinski definition) is 0. The second-order valence-electron chi connectivity index (χ2n) is 1.86. The number of hydrogen-bond acceptors (Lipinski definition) is 2. The Kier molecular flexibility index (Phi) is 9.47. The number of carbonyl (C=O) groups excluding carboxylic acids is 2. The first-order chi connectivity index (χ1) is 4.91. The molecule has 0 aromatic rings. The van der Waals surface area contributed by atoms with Crippen LogP contribution in [0.3, 0.4) is 0 Å². The summed E-state index contributed by atoms with van der Waals surface area (Å²) < 4.78 is 0. The van der Waals surface area contributed by atoms with Crippen molar-refractivity contribution < 1.29 is 9.59 Å². The van der Waals surface area contributed by atoms with Crippen LogP contribution in [0.1, 0.15) is 13.3 Å². The SMILES string of the molecule is CCC(=O)Cl.CN(C)C(=O)Cl. The Morgan fingerprint density at radius 3 is 1.45 bits per heavy atom. The molecule has 0 spiro atoms. The van der Waals surface area contributed by atoms with Crippen molar-refractivity contribution in [2.24, 2.45) is 0 Å². The summed E-state index contributed by atoms with van der Waals surface area (Å²) >= 11 is 9.72. The van der Waals surface area contributed by atoms with Crippen LogP contribution in [0, 0.1) is 0 Å². The van der Waals surface area contributed by atoms with E-state index in [0.29, 0.717) is 6.42 Å². The highest BCUT2D eigenvalue weighted by Crippen LogP contribution is 1.83. The van der Waals surface area contributed by atoms with Gasteiger partial charge in [0.25, 0.3) is 0 Å². The highest BCUT2D eigenvalue weighted by molar-refractivity contribution is 6.63. The van der Waals surface area contributed by atoms with Crippen LogP contribution < -0.4 is 0 Å². The van der Waals surface area contributed by atoms with E-state index in [-0.39, 0.29) is 5.24 Å². The highest BCUT2D eigenvalue weighted by atomic mass is 35.5. The summed E-state index contributed by atoms with van der Waals surface area (Å²) in [5.74, 6) is 0. The number of halogens is 2. The number of amides is 1. The molecule has 0 aliphatic heterocycles. The van der Waals surface area contributed by atoms with E-state index in [1.165, 1.54) is 4.90 Å². The standard InChI is InChI=1S/C3H6ClNO.C3H5ClO/c1-5(2)3(4)6;1-2-3(4)5/h1-2H3;2H2,1H3. The van der Waals surface area contributed by atoms with E-state index in [2.05, 4.69) is 0 Å². The molecule has 0 bridgehead atoms. The molecule has 5 heteroatoms. The maximum atomic E-state index is 9.83. The monoisotopic (exact) mass is 199 g/mol. The maximum absolute atomic E-state index is 9.83. The van der Waals surface area contributed by atoms with Crippen molar-refractivity contribution in [3.05, 3.63) is 0 Å². The molecule has 0 aromatic carbocycles. The Morgan fingerprint density at radius 2 is 1.45 bits per heavy atom. The molecule has 0 heterocycles. The molecule has 1 amide bonds. The minimum Gasteiger partial charge on any atom is -0.335 e. The summed E-state index contributed by atoms with van der Waals surface area (Å²) in [5, 5.41) is -0.708. The second kappa shape index (κ2) is 7.82. The number of rotatable bonds is 1. The molecule has 0 aliphatic carbocycles. The first kappa shape index (κ1) is 13.3. The zero-order valence-corrected chi connectivity index (χ0v) is 8.24. The van der Waals surface area contributed by atoms with Crippen LogP contribution in [-0.4, -0.2) is 29.6 Å². The fourth-order valence-corrected chi connectivity index (χ4v) is 0. The first-order valence-corrected chi connectivity index (χ1v) is 3.72. The van der Waals surface area contributed by atoms with Gasteiger partial charge in [-0.2, -0.15) is 0 Å². The summed E-state index contributed by atoms with van der Waals surface area (Å²) in [7, 11) is 3.19. The average molecular weight is 200 g/mol. The summed E-state index contributed by atoms with van der Waals surface area (Å²) in [4.78, 5) is 20.7. The van der Waals surface area contributed by atoms with Crippen molar-refractivity contribution in [2.75, 3.05) is 14.1 Å². The molecule has 0 aromatic heterocycles. The molecule has 0 aliphatic rings. The van der Waals surface area contributed by atoms with Crippen molar-refractivity contribution in [1.82, 2.24) is 4.90 Å². The van der Waals surface area contributed by atoms with Gasteiger partial charge in [-0.05, 0) is 23.2 Å². The third-order valence-electron chi connectivity index (χ3n) is 0.630. The summed E-state index contributed by atoms with van der Waals surface area (Å²) in [6, 6.07) is 0. The van der Waals surface area contributed by atoms with Gasteiger partial charge in [0.05, 0.1) is 0 Å². The van der Waals surface area contributed by atoms with Crippen molar-refractivity contribution in [1.29, 1.82) is 0 Å². The van der Waals surface area contributed by atoms with Gasteiger partial charge in [-0.1, -0.05) is 6.92 Å². The highest BCUT2D eigenvalue weighted by Gasteiger charge is 1.91. The zero-order valence-electron chi connectivity index (χ0n) is 6.73. The molecule has 0 unspecified atom stereocenters. The van der Waals surface area contributed by atoms with Crippen LogP contribution in [0.15, 0.2) is 0 Å². The van der Waals surface area contributed by atoms with Crippen LogP contribution in [-0.2, 0) is 4.79 Å².